The van der Waals surface area contributed by atoms with E-state index in [-0.39, 0.29) is 27.5 Å². The van der Waals surface area contributed by atoms with E-state index in [1.165, 1.54) is 12.6 Å². The van der Waals surface area contributed by atoms with Crippen molar-refractivity contribution >= 4 is 17.3 Å². The number of aromatic nitrogens is 4. The third kappa shape index (κ3) is 2.94. The molecule has 9 heteroatoms. The number of amides is 1. The Labute approximate surface area is 168 Å². The fourth-order valence-electron chi connectivity index (χ4n) is 6.70. The van der Waals surface area contributed by atoms with Gasteiger partial charge in [-0.2, -0.15) is 10.2 Å². The molecule has 1 N–H and O–H groups in total. The molecule has 4 saturated carbocycles. The van der Waals surface area contributed by atoms with Gasteiger partial charge >= 0.3 is 5.69 Å². The highest BCUT2D eigenvalue weighted by molar-refractivity contribution is 5.91. The number of nitrogens with one attached hydrogen (secondary N) is 1. The second-order valence-electron chi connectivity index (χ2n) is 9.58. The van der Waals surface area contributed by atoms with Gasteiger partial charge in [0.05, 0.1) is 28.0 Å². The van der Waals surface area contributed by atoms with Crippen molar-refractivity contribution in [3.05, 3.63) is 34.4 Å². The van der Waals surface area contributed by atoms with Gasteiger partial charge in [-0.1, -0.05) is 0 Å². The SMILES string of the molecule is Cc1c(NC(=O)CC23CC4CC(C2)CC(n2cc([N+](=O)[O-])cn2)(C4)C3)cnn1C. The normalized spacial score (nSPS) is 32.5. The van der Waals surface area contributed by atoms with Gasteiger partial charge < -0.3 is 5.32 Å². The van der Waals surface area contributed by atoms with Crippen LogP contribution in [-0.4, -0.2) is 30.4 Å². The van der Waals surface area contributed by atoms with Gasteiger partial charge in [-0.05, 0) is 62.7 Å². The number of anilines is 1. The molecule has 2 aromatic rings. The van der Waals surface area contributed by atoms with E-state index >= 15 is 0 Å². The van der Waals surface area contributed by atoms with Crippen molar-refractivity contribution in [3.63, 3.8) is 0 Å². The van der Waals surface area contributed by atoms with Gasteiger partial charge in [0.1, 0.15) is 12.4 Å². The molecule has 0 aliphatic heterocycles. The van der Waals surface area contributed by atoms with Crippen LogP contribution in [0.4, 0.5) is 11.4 Å². The maximum absolute atomic E-state index is 12.9. The lowest BCUT2D eigenvalue weighted by Gasteiger charge is -2.61. The standard InChI is InChI=1S/C20H26N6O3/c1-13-17(10-21-24(13)2)23-18(27)8-19-4-14-3-15(5-19)7-20(6-14,12-19)25-11-16(9-22-25)26(28)29/h9-11,14-15H,3-8,12H2,1-2H3,(H,23,27). The van der Waals surface area contributed by atoms with Crippen molar-refractivity contribution in [1.29, 1.82) is 0 Å². The fraction of sp³-hybridized carbons (Fsp3) is 0.650. The summed E-state index contributed by atoms with van der Waals surface area (Å²) in [7, 11) is 1.86. The van der Waals surface area contributed by atoms with Gasteiger partial charge in [0, 0.05) is 13.5 Å². The largest absolute Gasteiger partial charge is 0.323 e. The first-order chi connectivity index (χ1) is 13.8. The zero-order valence-electron chi connectivity index (χ0n) is 16.8. The number of hydrogen-bond acceptors (Lipinski definition) is 5. The molecule has 0 saturated heterocycles. The van der Waals surface area contributed by atoms with Crippen molar-refractivity contribution in [2.24, 2.45) is 24.3 Å². The number of rotatable bonds is 5. The summed E-state index contributed by atoms with van der Waals surface area (Å²) in [4.78, 5) is 23.7. The Morgan fingerprint density at radius 2 is 2.00 bits per heavy atom. The molecule has 0 radical (unpaired) electrons. The quantitative estimate of drug-likeness (QED) is 0.615. The molecule has 29 heavy (non-hydrogen) atoms. The summed E-state index contributed by atoms with van der Waals surface area (Å²) in [5.41, 5.74) is 1.50. The van der Waals surface area contributed by atoms with Gasteiger partial charge in [0.25, 0.3) is 0 Å². The topological polar surface area (TPSA) is 108 Å². The summed E-state index contributed by atoms with van der Waals surface area (Å²) in [5, 5.41) is 22.8. The van der Waals surface area contributed by atoms with Gasteiger partial charge in [-0.15, -0.1) is 0 Å². The number of nitrogens with zero attached hydrogens (tertiary/aromatic N) is 5. The third-order valence-electron chi connectivity index (χ3n) is 7.46. The highest BCUT2D eigenvalue weighted by atomic mass is 16.6. The van der Waals surface area contributed by atoms with Crippen molar-refractivity contribution in [2.75, 3.05) is 5.32 Å². The van der Waals surface area contributed by atoms with Crippen LogP contribution in [0.15, 0.2) is 18.6 Å². The smallest absolute Gasteiger partial charge is 0.307 e. The van der Waals surface area contributed by atoms with E-state index in [0.29, 0.717) is 18.3 Å². The molecule has 4 aliphatic rings. The van der Waals surface area contributed by atoms with Crippen LogP contribution in [0.1, 0.15) is 50.6 Å². The van der Waals surface area contributed by atoms with Crippen LogP contribution in [0, 0.1) is 34.3 Å². The molecule has 4 bridgehead atoms. The summed E-state index contributed by atoms with van der Waals surface area (Å²) >= 11 is 0. The minimum Gasteiger partial charge on any atom is -0.323 e. The lowest BCUT2D eigenvalue weighted by atomic mass is 9.46. The highest BCUT2D eigenvalue weighted by Crippen LogP contribution is 2.65. The van der Waals surface area contributed by atoms with Crippen LogP contribution >= 0.6 is 0 Å². The maximum Gasteiger partial charge on any atom is 0.307 e. The number of carbonyl (C=O) groups excluding carboxylic acids is 1. The number of hydrogen-bond donors (Lipinski definition) is 1. The predicted molar refractivity (Wildman–Crippen MR) is 105 cm³/mol. The predicted octanol–water partition coefficient (Wildman–Crippen LogP) is 3.16. The maximum atomic E-state index is 12.9. The van der Waals surface area contributed by atoms with E-state index in [9.17, 15) is 14.9 Å². The molecule has 2 aromatic heterocycles. The van der Waals surface area contributed by atoms with Crippen molar-refractivity contribution in [2.45, 2.75) is 57.4 Å². The molecule has 0 aromatic carbocycles. The molecule has 0 spiro atoms. The van der Waals surface area contributed by atoms with Crippen molar-refractivity contribution in [3.8, 4) is 0 Å². The lowest BCUT2D eigenvalue weighted by Crippen LogP contribution is -2.57. The Bertz CT molecular complexity index is 978. The van der Waals surface area contributed by atoms with Crippen molar-refractivity contribution < 1.29 is 9.72 Å². The molecule has 2 heterocycles. The average molecular weight is 398 g/mol. The molecule has 6 rings (SSSR count). The first kappa shape index (κ1) is 18.3. The van der Waals surface area contributed by atoms with E-state index in [4.69, 9.17) is 0 Å². The van der Waals surface area contributed by atoms with Crippen LogP contribution < -0.4 is 5.32 Å². The van der Waals surface area contributed by atoms with Crippen molar-refractivity contribution in [1.82, 2.24) is 19.6 Å². The van der Waals surface area contributed by atoms with E-state index in [0.717, 1.165) is 43.5 Å². The zero-order valence-corrected chi connectivity index (χ0v) is 16.8. The fourth-order valence-corrected chi connectivity index (χ4v) is 6.70. The minimum absolute atomic E-state index is 0.0321. The lowest BCUT2D eigenvalue weighted by molar-refractivity contribution is -0.385. The molecule has 1 amide bonds. The first-order valence-electron chi connectivity index (χ1n) is 10.3. The monoisotopic (exact) mass is 398 g/mol. The average Bonchev–Trinajstić information content (AvgIpc) is 3.24. The number of nitro groups is 1. The molecular formula is C20H26N6O3. The summed E-state index contributed by atoms with van der Waals surface area (Å²) in [5.74, 6) is 1.16. The van der Waals surface area contributed by atoms with Crippen LogP contribution in [0.3, 0.4) is 0 Å². The van der Waals surface area contributed by atoms with E-state index < -0.39 is 0 Å². The Morgan fingerprint density at radius 3 is 2.59 bits per heavy atom. The second kappa shape index (κ2) is 6.14. The summed E-state index contributed by atoms with van der Waals surface area (Å²) in [6.07, 6.45) is 11.3. The Hall–Kier alpha value is -2.71. The number of aryl methyl sites for hydroxylation is 1. The molecule has 2 atom stereocenters. The molecule has 2 unspecified atom stereocenters. The molecule has 4 fully saturated rings. The minimum atomic E-state index is -0.385. The van der Waals surface area contributed by atoms with Crippen LogP contribution in [0.25, 0.3) is 0 Å². The van der Waals surface area contributed by atoms with Gasteiger partial charge in [-0.25, -0.2) is 0 Å². The summed E-state index contributed by atoms with van der Waals surface area (Å²) < 4.78 is 3.60. The van der Waals surface area contributed by atoms with Gasteiger partial charge in [0.15, 0.2) is 0 Å². The Kier molecular flexibility index (Phi) is 3.88. The van der Waals surface area contributed by atoms with E-state index in [2.05, 4.69) is 15.5 Å². The zero-order chi connectivity index (χ0) is 20.4. The summed E-state index contributed by atoms with van der Waals surface area (Å²) in [6, 6.07) is 0. The van der Waals surface area contributed by atoms with Gasteiger partial charge in [0.2, 0.25) is 5.91 Å². The van der Waals surface area contributed by atoms with Crippen LogP contribution in [-0.2, 0) is 17.4 Å². The molecular weight excluding hydrogens is 372 g/mol. The molecule has 154 valence electrons. The van der Waals surface area contributed by atoms with E-state index in [1.54, 1.807) is 17.1 Å². The summed E-state index contributed by atoms with van der Waals surface area (Å²) in [6.45, 7) is 1.94. The number of carbonyl (C=O) groups is 1. The Balaban J connectivity index is 1.39. The molecule has 4 aliphatic carbocycles. The molecule has 9 nitrogen and oxygen atoms in total. The second-order valence-corrected chi connectivity index (χ2v) is 9.58. The highest BCUT2D eigenvalue weighted by Gasteiger charge is 2.59. The Morgan fingerprint density at radius 1 is 1.28 bits per heavy atom. The van der Waals surface area contributed by atoms with Gasteiger partial charge in [-0.3, -0.25) is 24.3 Å². The third-order valence-corrected chi connectivity index (χ3v) is 7.46. The van der Waals surface area contributed by atoms with Crippen LogP contribution in [0.2, 0.25) is 0 Å². The first-order valence-corrected chi connectivity index (χ1v) is 10.3. The van der Waals surface area contributed by atoms with E-state index in [1.807, 2.05) is 18.7 Å². The van der Waals surface area contributed by atoms with Crippen LogP contribution in [0.5, 0.6) is 0 Å².